The van der Waals surface area contributed by atoms with Crippen molar-refractivity contribution in [2.24, 2.45) is 0 Å². The van der Waals surface area contributed by atoms with Crippen LogP contribution in [0, 0.1) is 0 Å². The van der Waals surface area contributed by atoms with Crippen molar-refractivity contribution in [1.82, 2.24) is 10.2 Å². The summed E-state index contributed by atoms with van der Waals surface area (Å²) in [6.07, 6.45) is 3.66. The van der Waals surface area contributed by atoms with E-state index < -0.39 is 16.8 Å². The van der Waals surface area contributed by atoms with Gasteiger partial charge >= 0.3 is 5.97 Å². The molecule has 0 radical (unpaired) electrons. The maximum absolute atomic E-state index is 11.1. The van der Waals surface area contributed by atoms with E-state index >= 15 is 0 Å². The highest BCUT2D eigenvalue weighted by atomic mass is 32.2. The number of carbonyl (C=O) groups is 1. The number of hydrogen-bond acceptors (Lipinski definition) is 5. The van der Waals surface area contributed by atoms with Gasteiger partial charge in [0.05, 0.1) is 6.20 Å². The molecule has 2 unspecified atom stereocenters. The van der Waals surface area contributed by atoms with E-state index in [1.165, 1.54) is 12.3 Å². The highest BCUT2D eigenvalue weighted by molar-refractivity contribution is 7.84. The Balaban J connectivity index is 2.58. The second-order valence-corrected chi connectivity index (χ2v) is 5.43. The summed E-state index contributed by atoms with van der Waals surface area (Å²) < 4.78 is 11.1. The molecule has 94 valence electrons. The summed E-state index contributed by atoms with van der Waals surface area (Å²) in [5.74, 6) is -0.802. The molecular weight excluding hydrogens is 242 g/mol. The summed E-state index contributed by atoms with van der Waals surface area (Å²) in [7, 11) is -0.875. The number of carboxylic acids is 1. The van der Waals surface area contributed by atoms with E-state index in [1.807, 2.05) is 6.92 Å². The monoisotopic (exact) mass is 257 g/mol. The van der Waals surface area contributed by atoms with Crippen molar-refractivity contribution in [3.63, 3.8) is 0 Å². The quantitative estimate of drug-likeness (QED) is 0.781. The highest BCUT2D eigenvalue weighted by Crippen LogP contribution is 2.10. The fourth-order valence-corrected chi connectivity index (χ4v) is 1.64. The molecule has 2 atom stereocenters. The van der Waals surface area contributed by atoms with Crippen LogP contribution in [0.15, 0.2) is 12.3 Å². The van der Waals surface area contributed by atoms with Gasteiger partial charge in [-0.25, -0.2) is 4.79 Å². The molecule has 6 nitrogen and oxygen atoms in total. The van der Waals surface area contributed by atoms with E-state index in [4.69, 9.17) is 5.11 Å². The smallest absolute Gasteiger partial charge is 0.339 e. The van der Waals surface area contributed by atoms with Crippen molar-refractivity contribution < 1.29 is 14.1 Å². The van der Waals surface area contributed by atoms with Gasteiger partial charge in [-0.2, -0.15) is 5.10 Å². The van der Waals surface area contributed by atoms with Crippen LogP contribution in [-0.4, -0.2) is 43.5 Å². The first kappa shape index (κ1) is 13.6. The van der Waals surface area contributed by atoms with Crippen LogP contribution >= 0.6 is 0 Å². The maximum atomic E-state index is 11.1. The number of anilines is 1. The normalized spacial score (nSPS) is 14.0. The van der Waals surface area contributed by atoms with E-state index in [2.05, 4.69) is 15.5 Å². The van der Waals surface area contributed by atoms with E-state index in [0.717, 1.165) is 0 Å². The molecule has 0 bridgehead atoms. The number of aromatic nitrogens is 2. The van der Waals surface area contributed by atoms with Gasteiger partial charge in [0.1, 0.15) is 5.56 Å². The van der Waals surface area contributed by atoms with Crippen molar-refractivity contribution in [2.75, 3.05) is 18.1 Å². The molecule has 0 saturated heterocycles. The minimum Gasteiger partial charge on any atom is -0.478 e. The van der Waals surface area contributed by atoms with Gasteiger partial charge in [-0.15, -0.1) is 5.10 Å². The fourth-order valence-electron chi connectivity index (χ4n) is 1.19. The van der Waals surface area contributed by atoms with Crippen LogP contribution in [0.4, 0.5) is 5.82 Å². The maximum Gasteiger partial charge on any atom is 0.339 e. The lowest BCUT2D eigenvalue weighted by atomic mass is 10.2. The first-order chi connectivity index (χ1) is 8.02. The van der Waals surface area contributed by atoms with Crippen molar-refractivity contribution >= 4 is 22.6 Å². The molecule has 0 aromatic carbocycles. The molecule has 0 spiro atoms. The van der Waals surface area contributed by atoms with Crippen LogP contribution in [0.25, 0.3) is 0 Å². The molecule has 0 aliphatic heterocycles. The average molecular weight is 257 g/mol. The molecule has 7 heteroatoms. The Labute approximate surface area is 102 Å². The van der Waals surface area contributed by atoms with E-state index in [-0.39, 0.29) is 16.6 Å². The Kier molecular flexibility index (Phi) is 5.02. The predicted octanol–water partition coefficient (Wildman–Crippen LogP) is 0.744. The van der Waals surface area contributed by atoms with Crippen LogP contribution in [0.3, 0.4) is 0 Å². The Hall–Kier alpha value is -1.50. The fraction of sp³-hybridized carbons (Fsp3) is 0.500. The molecular formula is C10H15N3O3S. The Bertz CT molecular complexity index is 425. The van der Waals surface area contributed by atoms with Gasteiger partial charge in [-0.05, 0) is 12.5 Å². The van der Waals surface area contributed by atoms with Gasteiger partial charge in [0.25, 0.3) is 0 Å². The minimum absolute atomic E-state index is 0.0625. The Morgan fingerprint density at radius 2 is 2.35 bits per heavy atom. The summed E-state index contributed by atoms with van der Waals surface area (Å²) in [6.45, 7) is 2.40. The zero-order valence-electron chi connectivity index (χ0n) is 9.71. The Morgan fingerprint density at radius 3 is 2.94 bits per heavy atom. The van der Waals surface area contributed by atoms with Gasteiger partial charge < -0.3 is 10.4 Å². The zero-order chi connectivity index (χ0) is 12.8. The molecule has 1 rings (SSSR count). The number of carboxylic acid groups (broad SMARTS) is 1. The lowest BCUT2D eigenvalue weighted by Gasteiger charge is -2.10. The number of nitrogens with one attached hydrogen (secondary N) is 1. The van der Waals surface area contributed by atoms with Crippen molar-refractivity contribution in [3.8, 4) is 0 Å². The molecule has 1 aromatic heterocycles. The van der Waals surface area contributed by atoms with E-state index in [1.54, 1.807) is 6.26 Å². The third-order valence-corrected chi connectivity index (χ3v) is 3.73. The highest BCUT2D eigenvalue weighted by Gasteiger charge is 2.11. The first-order valence-electron chi connectivity index (χ1n) is 5.13. The van der Waals surface area contributed by atoms with E-state index in [0.29, 0.717) is 13.0 Å². The topological polar surface area (TPSA) is 92.2 Å². The first-order valence-corrected chi connectivity index (χ1v) is 6.75. The third kappa shape index (κ3) is 4.10. The van der Waals surface area contributed by atoms with Crippen molar-refractivity contribution in [3.05, 3.63) is 17.8 Å². The Morgan fingerprint density at radius 1 is 1.65 bits per heavy atom. The summed E-state index contributed by atoms with van der Waals surface area (Å²) in [5, 5.41) is 19.2. The summed E-state index contributed by atoms with van der Waals surface area (Å²) in [6, 6.07) is 1.39. The summed E-state index contributed by atoms with van der Waals surface area (Å²) in [4.78, 5) is 10.9. The lowest BCUT2D eigenvalue weighted by molar-refractivity contribution is 0.0697. The second kappa shape index (κ2) is 6.29. The predicted molar refractivity (Wildman–Crippen MR) is 65.6 cm³/mol. The molecule has 0 amide bonds. The van der Waals surface area contributed by atoms with Gasteiger partial charge in [-0.1, -0.05) is 6.92 Å². The second-order valence-electron chi connectivity index (χ2n) is 3.62. The van der Waals surface area contributed by atoms with Gasteiger partial charge in [0.2, 0.25) is 0 Å². The lowest BCUT2D eigenvalue weighted by Crippen LogP contribution is -2.17. The average Bonchev–Trinajstić information content (AvgIpc) is 2.29. The van der Waals surface area contributed by atoms with Crippen molar-refractivity contribution in [1.29, 1.82) is 0 Å². The van der Waals surface area contributed by atoms with Crippen LogP contribution in [0.1, 0.15) is 23.7 Å². The number of nitrogens with zero attached hydrogens (tertiary/aromatic N) is 2. The molecule has 0 aliphatic rings. The molecule has 2 N–H and O–H groups in total. The number of rotatable bonds is 6. The van der Waals surface area contributed by atoms with Crippen LogP contribution in [-0.2, 0) is 10.8 Å². The third-order valence-electron chi connectivity index (χ3n) is 2.36. The van der Waals surface area contributed by atoms with Gasteiger partial charge in [0, 0.05) is 28.9 Å². The van der Waals surface area contributed by atoms with Crippen LogP contribution < -0.4 is 5.32 Å². The zero-order valence-corrected chi connectivity index (χ0v) is 10.5. The molecule has 0 fully saturated rings. The molecule has 0 saturated carbocycles. The summed E-state index contributed by atoms with van der Waals surface area (Å²) >= 11 is 0. The molecule has 1 heterocycles. The molecule has 17 heavy (non-hydrogen) atoms. The van der Waals surface area contributed by atoms with Gasteiger partial charge in [-0.3, -0.25) is 4.21 Å². The SMILES string of the molecule is CC(CCNc1nnccc1C(=O)O)S(C)=O. The van der Waals surface area contributed by atoms with Gasteiger partial charge in [0.15, 0.2) is 5.82 Å². The van der Waals surface area contributed by atoms with Crippen LogP contribution in [0.5, 0.6) is 0 Å². The molecule has 0 aliphatic carbocycles. The summed E-state index contributed by atoms with van der Waals surface area (Å²) in [5.41, 5.74) is 0.0882. The molecule has 1 aromatic rings. The largest absolute Gasteiger partial charge is 0.478 e. The van der Waals surface area contributed by atoms with Crippen LogP contribution in [0.2, 0.25) is 0 Å². The minimum atomic E-state index is -1.05. The number of aromatic carboxylic acids is 1. The standard InChI is InChI=1S/C10H15N3O3S/c1-7(17(2)16)3-5-11-9-8(10(14)15)4-6-12-13-9/h4,6-7H,3,5H2,1-2H3,(H,11,13)(H,14,15). The van der Waals surface area contributed by atoms with Crippen molar-refractivity contribution in [2.45, 2.75) is 18.6 Å². The number of hydrogen-bond donors (Lipinski definition) is 2. The van der Waals surface area contributed by atoms with E-state index in [9.17, 15) is 9.00 Å².